The molecule has 76 valence electrons. The van der Waals surface area contributed by atoms with E-state index in [9.17, 15) is 0 Å². The van der Waals surface area contributed by atoms with Crippen molar-refractivity contribution in [3.05, 3.63) is 0 Å². The van der Waals surface area contributed by atoms with Gasteiger partial charge in [-0.15, -0.1) is 0 Å². The summed E-state index contributed by atoms with van der Waals surface area (Å²) in [6.07, 6.45) is 2.45. The fraction of sp³-hybridized carbons (Fsp3) is 1.00. The lowest BCUT2D eigenvalue weighted by molar-refractivity contribution is 0.0139. The van der Waals surface area contributed by atoms with Crippen LogP contribution in [0, 0.1) is 0 Å². The molecule has 0 saturated carbocycles. The first-order valence-corrected chi connectivity index (χ1v) is 5.23. The van der Waals surface area contributed by atoms with Gasteiger partial charge in [0.25, 0.3) is 0 Å². The van der Waals surface area contributed by atoms with Gasteiger partial charge in [-0.25, -0.2) is 0 Å². The second-order valence-electron chi connectivity index (χ2n) is 4.26. The highest BCUT2D eigenvalue weighted by molar-refractivity contribution is 4.78. The van der Waals surface area contributed by atoms with Crippen LogP contribution >= 0.6 is 0 Å². The molecule has 2 fully saturated rings. The Morgan fingerprint density at radius 3 is 2.77 bits per heavy atom. The van der Waals surface area contributed by atoms with Gasteiger partial charge in [0.15, 0.2) is 0 Å². The molecule has 0 N–H and O–H groups in total. The van der Waals surface area contributed by atoms with E-state index in [1.807, 2.05) is 0 Å². The Morgan fingerprint density at radius 2 is 2.08 bits per heavy atom. The molecule has 0 spiro atoms. The van der Waals surface area contributed by atoms with E-state index in [0.717, 1.165) is 32.7 Å². The van der Waals surface area contributed by atoms with Crippen molar-refractivity contribution in [2.24, 2.45) is 0 Å². The Balaban J connectivity index is 1.81. The average molecular weight is 185 g/mol. The monoisotopic (exact) mass is 185 g/mol. The lowest BCUT2D eigenvalue weighted by Gasteiger charge is -2.20. The van der Waals surface area contributed by atoms with Gasteiger partial charge in [0, 0.05) is 19.6 Å². The Labute approximate surface area is 80.0 Å². The third-order valence-corrected chi connectivity index (χ3v) is 2.70. The fourth-order valence-corrected chi connectivity index (χ4v) is 1.95. The van der Waals surface area contributed by atoms with Crippen molar-refractivity contribution >= 4 is 0 Å². The van der Waals surface area contributed by atoms with Crippen molar-refractivity contribution < 1.29 is 9.47 Å². The number of hydrogen-bond donors (Lipinski definition) is 0. The van der Waals surface area contributed by atoms with E-state index in [0.29, 0.717) is 18.3 Å². The van der Waals surface area contributed by atoms with Crippen LogP contribution in [0.1, 0.15) is 20.3 Å². The summed E-state index contributed by atoms with van der Waals surface area (Å²) in [7, 11) is 0. The highest BCUT2D eigenvalue weighted by Crippen LogP contribution is 2.16. The highest BCUT2D eigenvalue weighted by atomic mass is 16.6. The van der Waals surface area contributed by atoms with Crippen molar-refractivity contribution in [1.29, 1.82) is 0 Å². The molecule has 0 radical (unpaired) electrons. The van der Waals surface area contributed by atoms with Gasteiger partial charge < -0.3 is 9.47 Å². The molecular weight excluding hydrogens is 166 g/mol. The van der Waals surface area contributed by atoms with Crippen LogP contribution in [-0.4, -0.2) is 49.5 Å². The van der Waals surface area contributed by atoms with E-state index >= 15 is 0 Å². The second kappa shape index (κ2) is 3.95. The first-order valence-electron chi connectivity index (χ1n) is 5.23. The van der Waals surface area contributed by atoms with Gasteiger partial charge in [0.2, 0.25) is 0 Å². The molecule has 0 bridgehead atoms. The molecule has 2 aliphatic rings. The van der Waals surface area contributed by atoms with Gasteiger partial charge in [0.1, 0.15) is 0 Å². The SMILES string of the molecule is CC1CCN(C[C@H]2CO2)CC(C)O1. The number of nitrogens with zero attached hydrogens (tertiary/aromatic N) is 1. The normalized spacial score (nSPS) is 41.5. The van der Waals surface area contributed by atoms with E-state index in [1.165, 1.54) is 0 Å². The minimum Gasteiger partial charge on any atom is -0.374 e. The van der Waals surface area contributed by atoms with Crippen LogP contribution in [0.2, 0.25) is 0 Å². The molecular formula is C10H19NO2. The molecule has 13 heavy (non-hydrogen) atoms. The van der Waals surface area contributed by atoms with E-state index in [-0.39, 0.29) is 0 Å². The molecule has 2 unspecified atom stereocenters. The summed E-state index contributed by atoms with van der Waals surface area (Å²) in [5, 5.41) is 0. The van der Waals surface area contributed by atoms with E-state index in [2.05, 4.69) is 18.7 Å². The lowest BCUT2D eigenvalue weighted by atomic mass is 10.2. The predicted molar refractivity (Wildman–Crippen MR) is 50.8 cm³/mol. The van der Waals surface area contributed by atoms with Gasteiger partial charge in [0.05, 0.1) is 24.9 Å². The Kier molecular flexibility index (Phi) is 2.86. The van der Waals surface area contributed by atoms with Gasteiger partial charge in [-0.2, -0.15) is 0 Å². The Bertz CT molecular complexity index is 170. The van der Waals surface area contributed by atoms with Crippen molar-refractivity contribution in [1.82, 2.24) is 4.90 Å². The molecule has 3 nitrogen and oxygen atoms in total. The summed E-state index contributed by atoms with van der Waals surface area (Å²) in [5.41, 5.74) is 0. The van der Waals surface area contributed by atoms with Crippen LogP contribution in [0.4, 0.5) is 0 Å². The summed E-state index contributed by atoms with van der Waals surface area (Å²) in [4.78, 5) is 2.46. The van der Waals surface area contributed by atoms with Crippen molar-refractivity contribution in [2.75, 3.05) is 26.2 Å². The molecule has 0 aromatic carbocycles. The van der Waals surface area contributed by atoms with Crippen LogP contribution < -0.4 is 0 Å². The molecule has 0 aliphatic carbocycles. The van der Waals surface area contributed by atoms with Crippen molar-refractivity contribution in [2.45, 2.75) is 38.6 Å². The number of epoxide rings is 1. The van der Waals surface area contributed by atoms with Crippen LogP contribution in [0.3, 0.4) is 0 Å². The third kappa shape index (κ3) is 2.93. The maximum atomic E-state index is 5.76. The quantitative estimate of drug-likeness (QED) is 0.597. The number of hydrogen-bond acceptors (Lipinski definition) is 3. The largest absolute Gasteiger partial charge is 0.374 e. The fourth-order valence-electron chi connectivity index (χ4n) is 1.95. The van der Waals surface area contributed by atoms with E-state index < -0.39 is 0 Å². The Hall–Kier alpha value is -0.120. The number of rotatable bonds is 2. The van der Waals surface area contributed by atoms with E-state index in [4.69, 9.17) is 9.47 Å². The minimum absolute atomic E-state index is 0.372. The molecule has 0 amide bonds. The maximum absolute atomic E-state index is 5.76. The van der Waals surface area contributed by atoms with Crippen molar-refractivity contribution in [3.8, 4) is 0 Å². The standard InChI is InChI=1S/C10H19NO2/c1-8-3-4-11(5-9(2)13-8)6-10-7-12-10/h8-10H,3-7H2,1-2H3/t8?,9?,10-/m0/s1. The topological polar surface area (TPSA) is 25.0 Å². The number of ether oxygens (including phenoxy) is 2. The van der Waals surface area contributed by atoms with Gasteiger partial charge in [-0.1, -0.05) is 0 Å². The smallest absolute Gasteiger partial charge is 0.0936 e. The molecule has 0 aromatic rings. The summed E-state index contributed by atoms with van der Waals surface area (Å²) in [5.74, 6) is 0. The summed E-state index contributed by atoms with van der Waals surface area (Å²) < 4.78 is 11.0. The molecule has 2 heterocycles. The zero-order chi connectivity index (χ0) is 9.26. The molecule has 0 aromatic heterocycles. The zero-order valence-corrected chi connectivity index (χ0v) is 8.53. The van der Waals surface area contributed by atoms with Crippen LogP contribution in [0.25, 0.3) is 0 Å². The molecule has 2 rings (SSSR count). The van der Waals surface area contributed by atoms with Crippen LogP contribution in [-0.2, 0) is 9.47 Å². The van der Waals surface area contributed by atoms with Gasteiger partial charge in [-0.05, 0) is 20.3 Å². The van der Waals surface area contributed by atoms with E-state index in [1.54, 1.807) is 0 Å². The summed E-state index contributed by atoms with van der Waals surface area (Å²) >= 11 is 0. The first kappa shape index (κ1) is 9.44. The van der Waals surface area contributed by atoms with Crippen LogP contribution in [0.15, 0.2) is 0 Å². The lowest BCUT2D eigenvalue weighted by Crippen LogP contribution is -2.33. The maximum Gasteiger partial charge on any atom is 0.0936 e. The summed E-state index contributed by atoms with van der Waals surface area (Å²) in [6.45, 7) is 8.59. The molecule has 3 atom stereocenters. The summed E-state index contributed by atoms with van der Waals surface area (Å²) in [6, 6.07) is 0. The Morgan fingerprint density at radius 1 is 1.31 bits per heavy atom. The van der Waals surface area contributed by atoms with Crippen molar-refractivity contribution in [3.63, 3.8) is 0 Å². The highest BCUT2D eigenvalue weighted by Gasteiger charge is 2.27. The first-order chi connectivity index (χ1) is 6.24. The molecule has 2 aliphatic heterocycles. The van der Waals surface area contributed by atoms with Crippen LogP contribution in [0.5, 0.6) is 0 Å². The molecule has 3 heteroatoms. The average Bonchev–Trinajstić information content (AvgIpc) is 2.83. The molecule has 2 saturated heterocycles. The predicted octanol–water partition coefficient (Wildman–Crippen LogP) is 0.884. The van der Waals surface area contributed by atoms with Gasteiger partial charge >= 0.3 is 0 Å². The van der Waals surface area contributed by atoms with Gasteiger partial charge in [-0.3, -0.25) is 4.90 Å². The zero-order valence-electron chi connectivity index (χ0n) is 8.53. The second-order valence-corrected chi connectivity index (χ2v) is 4.26. The minimum atomic E-state index is 0.372. The third-order valence-electron chi connectivity index (χ3n) is 2.70.